The Morgan fingerprint density at radius 1 is 1.06 bits per heavy atom. The second-order valence-corrected chi connectivity index (χ2v) is 7.94. The largest absolute Gasteiger partial charge is 0.489 e. The summed E-state index contributed by atoms with van der Waals surface area (Å²) < 4.78 is 7.57. The zero-order valence-electron chi connectivity index (χ0n) is 16.9. The summed E-state index contributed by atoms with van der Waals surface area (Å²) in [5.41, 5.74) is 3.59. The summed E-state index contributed by atoms with van der Waals surface area (Å²) in [6, 6.07) is 21.7. The second-order valence-electron chi connectivity index (χ2n) is 6.96. The van der Waals surface area contributed by atoms with Crippen LogP contribution in [0.1, 0.15) is 21.3 Å². The van der Waals surface area contributed by atoms with E-state index in [0.29, 0.717) is 12.3 Å². The first-order valence-corrected chi connectivity index (χ1v) is 10.6. The predicted molar refractivity (Wildman–Crippen MR) is 134 cm³/mol. The van der Waals surface area contributed by atoms with Crippen molar-refractivity contribution in [1.29, 1.82) is 0 Å². The highest BCUT2D eigenvalue weighted by Gasteiger charge is 2.24. The van der Waals surface area contributed by atoms with E-state index in [9.17, 15) is 4.79 Å². The van der Waals surface area contributed by atoms with Crippen LogP contribution in [0.15, 0.2) is 96.4 Å². The van der Waals surface area contributed by atoms with Gasteiger partial charge in [-0.05, 0) is 35.9 Å². The average molecular weight is 486 g/mol. The summed E-state index contributed by atoms with van der Waals surface area (Å²) in [6.07, 6.45) is 5.36. The number of nitrogens with one attached hydrogen (secondary N) is 1. The maximum absolute atomic E-state index is 13.1. The van der Waals surface area contributed by atoms with E-state index in [1.165, 1.54) is 0 Å². The van der Waals surface area contributed by atoms with Gasteiger partial charge < -0.3 is 10.1 Å². The number of carbonyl (C=O) groups is 1. The third-order valence-corrected chi connectivity index (χ3v) is 5.99. The number of ether oxygens (including phenoxy) is 1. The van der Waals surface area contributed by atoms with E-state index in [4.69, 9.17) is 4.74 Å². The highest BCUT2D eigenvalue weighted by atomic mass is 35.5. The number of halogens is 2. The Morgan fingerprint density at radius 3 is 2.69 bits per heavy atom. The van der Waals surface area contributed by atoms with Crippen molar-refractivity contribution in [3.63, 3.8) is 0 Å². The van der Waals surface area contributed by atoms with Crippen molar-refractivity contribution in [2.24, 2.45) is 0 Å². The summed E-state index contributed by atoms with van der Waals surface area (Å²) >= 11 is 1.57. The van der Waals surface area contributed by atoms with Crippen LogP contribution >= 0.6 is 36.6 Å². The minimum absolute atomic E-state index is 0. The average Bonchev–Trinajstić information content (AvgIpc) is 3.46. The van der Waals surface area contributed by atoms with Crippen LogP contribution in [0.4, 0.5) is 0 Å². The molecule has 0 bridgehead atoms. The first-order valence-electron chi connectivity index (χ1n) is 9.62. The standard InChI is InChI=1S/C24H19N3O2S.2ClH/c28-24(21-16-30-23(26-21)19-7-4-11-25-14-19)27-12-10-18-13-20(8-9-22(18)27)29-15-17-5-2-1-3-6-17;;/h1-14,16,23,26H,15H2;2*1H. The molecule has 0 saturated heterocycles. The van der Waals surface area contributed by atoms with Gasteiger partial charge in [-0.25, -0.2) is 0 Å². The van der Waals surface area contributed by atoms with Crippen LogP contribution in [0.3, 0.4) is 0 Å². The van der Waals surface area contributed by atoms with Gasteiger partial charge in [-0.1, -0.05) is 36.4 Å². The van der Waals surface area contributed by atoms with Crippen LogP contribution in [-0.4, -0.2) is 15.5 Å². The summed E-state index contributed by atoms with van der Waals surface area (Å²) in [5.74, 6) is 0.698. The Kier molecular flexibility index (Phi) is 7.85. The van der Waals surface area contributed by atoms with Gasteiger partial charge in [-0.3, -0.25) is 14.3 Å². The molecule has 0 radical (unpaired) electrons. The van der Waals surface area contributed by atoms with E-state index >= 15 is 0 Å². The Bertz CT molecular complexity index is 1230. The van der Waals surface area contributed by atoms with Crippen molar-refractivity contribution >= 4 is 53.4 Å². The number of thioether (sulfide) groups is 1. The third-order valence-electron chi connectivity index (χ3n) is 4.95. The quantitative estimate of drug-likeness (QED) is 0.376. The monoisotopic (exact) mass is 485 g/mol. The minimum atomic E-state index is -0.0816. The predicted octanol–water partition coefficient (Wildman–Crippen LogP) is 5.98. The number of allylic oxidation sites excluding steroid dienone is 1. The number of rotatable bonds is 5. The Labute approximate surface area is 202 Å². The molecule has 3 heterocycles. The summed E-state index contributed by atoms with van der Waals surface area (Å²) in [6.45, 7) is 0.510. The maximum Gasteiger partial charge on any atom is 0.279 e. The zero-order chi connectivity index (χ0) is 20.3. The lowest BCUT2D eigenvalue weighted by atomic mass is 10.2. The van der Waals surface area contributed by atoms with E-state index in [-0.39, 0.29) is 36.1 Å². The number of pyridine rings is 1. The van der Waals surface area contributed by atoms with Crippen molar-refractivity contribution in [3.8, 4) is 5.75 Å². The SMILES string of the molecule is Cl.Cl.O=C(C1=CSC(c2cccnc2)N1)n1ccc2cc(OCc3ccccc3)ccc21. The summed E-state index contributed by atoms with van der Waals surface area (Å²) in [7, 11) is 0. The fourth-order valence-corrected chi connectivity index (χ4v) is 4.34. The van der Waals surface area contributed by atoms with E-state index in [0.717, 1.165) is 27.8 Å². The van der Waals surface area contributed by atoms with Gasteiger partial charge in [-0.15, -0.1) is 36.6 Å². The van der Waals surface area contributed by atoms with Gasteiger partial charge in [0.15, 0.2) is 0 Å². The van der Waals surface area contributed by atoms with Gasteiger partial charge in [0.05, 0.1) is 5.52 Å². The molecule has 0 spiro atoms. The van der Waals surface area contributed by atoms with Crippen LogP contribution < -0.4 is 10.1 Å². The Hall–Kier alpha value is -2.93. The van der Waals surface area contributed by atoms with Crippen molar-refractivity contribution in [2.75, 3.05) is 0 Å². The molecule has 4 aromatic rings. The lowest BCUT2D eigenvalue weighted by Gasteiger charge is -2.13. The van der Waals surface area contributed by atoms with Gasteiger partial charge in [-0.2, -0.15) is 0 Å². The molecule has 5 nitrogen and oxygen atoms in total. The second kappa shape index (κ2) is 10.6. The Morgan fingerprint density at radius 2 is 1.91 bits per heavy atom. The maximum atomic E-state index is 13.1. The van der Waals surface area contributed by atoms with Crippen LogP contribution in [0.5, 0.6) is 5.75 Å². The molecule has 1 N–H and O–H groups in total. The fourth-order valence-electron chi connectivity index (χ4n) is 3.41. The van der Waals surface area contributed by atoms with Gasteiger partial charge in [0.2, 0.25) is 0 Å². The molecular weight excluding hydrogens is 465 g/mol. The molecular formula is C24H21Cl2N3O2S. The highest BCUT2D eigenvalue weighted by Crippen LogP contribution is 2.34. The molecule has 1 aliphatic rings. The van der Waals surface area contributed by atoms with E-state index < -0.39 is 0 Å². The van der Waals surface area contributed by atoms with Crippen LogP contribution in [0, 0.1) is 0 Å². The first kappa shape index (κ1) is 23.7. The van der Waals surface area contributed by atoms with Crippen LogP contribution in [-0.2, 0) is 6.61 Å². The smallest absolute Gasteiger partial charge is 0.279 e. The van der Waals surface area contributed by atoms with Gasteiger partial charge in [0, 0.05) is 34.9 Å². The normalized spacial score (nSPS) is 14.6. The molecule has 0 fully saturated rings. The Balaban J connectivity index is 0.00000144. The number of nitrogens with zero attached hydrogens (tertiary/aromatic N) is 2. The molecule has 0 saturated carbocycles. The number of hydrogen-bond acceptors (Lipinski definition) is 5. The molecule has 8 heteroatoms. The van der Waals surface area contributed by atoms with Crippen molar-refractivity contribution in [3.05, 3.63) is 108 Å². The summed E-state index contributed by atoms with van der Waals surface area (Å²) in [5, 5.41) is 6.14. The number of hydrogen-bond donors (Lipinski definition) is 1. The van der Waals surface area contributed by atoms with Crippen LogP contribution in [0.25, 0.3) is 10.9 Å². The van der Waals surface area contributed by atoms with Gasteiger partial charge >= 0.3 is 0 Å². The molecule has 1 unspecified atom stereocenters. The van der Waals surface area contributed by atoms with Crippen molar-refractivity contribution < 1.29 is 9.53 Å². The molecule has 0 amide bonds. The number of benzene rings is 2. The molecule has 32 heavy (non-hydrogen) atoms. The minimum Gasteiger partial charge on any atom is -0.489 e. The topological polar surface area (TPSA) is 56.2 Å². The molecule has 1 atom stereocenters. The van der Waals surface area contributed by atoms with Crippen molar-refractivity contribution in [1.82, 2.24) is 14.9 Å². The fraction of sp³-hybridized carbons (Fsp3) is 0.0833. The van der Waals surface area contributed by atoms with Crippen LogP contribution in [0.2, 0.25) is 0 Å². The van der Waals surface area contributed by atoms with E-state index in [1.54, 1.807) is 28.7 Å². The van der Waals surface area contributed by atoms with Gasteiger partial charge in [0.25, 0.3) is 5.91 Å². The number of carbonyl (C=O) groups excluding carboxylic acids is 1. The molecule has 2 aromatic carbocycles. The summed E-state index contributed by atoms with van der Waals surface area (Å²) in [4.78, 5) is 17.2. The third kappa shape index (κ3) is 4.93. The van der Waals surface area contributed by atoms with Crippen molar-refractivity contribution in [2.45, 2.75) is 12.0 Å². The lowest BCUT2D eigenvalue weighted by molar-refractivity contribution is 0.0952. The molecule has 2 aromatic heterocycles. The molecule has 1 aliphatic heterocycles. The molecule has 0 aliphatic carbocycles. The number of fused-ring (bicyclic) bond motifs is 1. The molecule has 5 rings (SSSR count). The van der Waals surface area contributed by atoms with E-state index in [2.05, 4.69) is 10.3 Å². The van der Waals surface area contributed by atoms with E-state index in [1.807, 2.05) is 78.3 Å². The van der Waals surface area contributed by atoms with Gasteiger partial charge in [0.1, 0.15) is 23.4 Å². The molecule has 164 valence electrons. The number of aromatic nitrogens is 2. The first-order chi connectivity index (χ1) is 14.8. The lowest BCUT2D eigenvalue weighted by Crippen LogP contribution is -2.23. The highest BCUT2D eigenvalue weighted by molar-refractivity contribution is 8.02. The zero-order valence-corrected chi connectivity index (χ0v) is 19.3.